The minimum absolute atomic E-state index is 0.166. The first-order valence-corrected chi connectivity index (χ1v) is 10.5. The number of benzene rings is 3. The lowest BCUT2D eigenvalue weighted by molar-refractivity contribution is -0.127. The van der Waals surface area contributed by atoms with Gasteiger partial charge in [0.25, 0.3) is 5.56 Å². The Hall–Kier alpha value is -4.39. The number of hydrogen-bond donors (Lipinski definition) is 1. The minimum Gasteiger partial charge on any atom is -0.454 e. The Labute approximate surface area is 189 Å². The average Bonchev–Trinajstić information content (AvgIpc) is 3.31. The molecule has 1 amide bonds. The highest BCUT2D eigenvalue weighted by molar-refractivity contribution is 5.91. The van der Waals surface area contributed by atoms with Gasteiger partial charge in [-0.05, 0) is 41.5 Å². The number of carbonyl (C=O) groups excluding carboxylic acids is 1. The Balaban J connectivity index is 1.41. The molecule has 0 radical (unpaired) electrons. The van der Waals surface area contributed by atoms with Gasteiger partial charge in [0.2, 0.25) is 12.7 Å². The summed E-state index contributed by atoms with van der Waals surface area (Å²) in [5, 5.41) is 0.518. The molecule has 164 valence electrons. The molecule has 4 aromatic rings. The van der Waals surface area contributed by atoms with E-state index in [2.05, 4.69) is 9.97 Å². The number of nitrogens with zero attached hydrogens (tertiary/aromatic N) is 2. The fourth-order valence-electron chi connectivity index (χ4n) is 3.70. The van der Waals surface area contributed by atoms with E-state index >= 15 is 0 Å². The van der Waals surface area contributed by atoms with Crippen LogP contribution in [0.4, 0.5) is 0 Å². The van der Waals surface area contributed by atoms with Crippen LogP contribution in [0.1, 0.15) is 17.0 Å². The van der Waals surface area contributed by atoms with Crippen molar-refractivity contribution in [1.29, 1.82) is 0 Å². The van der Waals surface area contributed by atoms with Crippen LogP contribution in [0, 0.1) is 0 Å². The summed E-state index contributed by atoms with van der Waals surface area (Å²) in [4.78, 5) is 34.7. The van der Waals surface area contributed by atoms with Gasteiger partial charge in [0.05, 0.1) is 17.4 Å². The van der Waals surface area contributed by atoms with Crippen LogP contribution < -0.4 is 15.0 Å². The molecule has 1 aromatic heterocycles. The molecule has 0 spiro atoms. The zero-order chi connectivity index (χ0) is 22.6. The molecule has 5 rings (SSSR count). The van der Waals surface area contributed by atoms with E-state index in [9.17, 15) is 9.59 Å². The van der Waals surface area contributed by atoms with Gasteiger partial charge in [0.15, 0.2) is 11.5 Å². The van der Waals surface area contributed by atoms with Crippen molar-refractivity contribution >= 4 is 22.9 Å². The number of aromatic nitrogens is 2. The monoisotopic (exact) mass is 439 g/mol. The molecule has 3 aromatic carbocycles. The van der Waals surface area contributed by atoms with Crippen LogP contribution in [0.2, 0.25) is 0 Å². The summed E-state index contributed by atoms with van der Waals surface area (Å²) in [5.74, 6) is 1.57. The highest BCUT2D eigenvalue weighted by atomic mass is 16.7. The van der Waals surface area contributed by atoms with Gasteiger partial charge in [-0.3, -0.25) is 9.59 Å². The number of carbonyl (C=O) groups is 1. The standard InChI is InChI=1S/C26H21N3O4/c30-25(13-11-18-10-12-22-23(14-18)33-17-32-22)29(15-19-6-2-1-3-7-19)16-24-27-21-9-5-4-8-20(21)26(31)28-24/h1-14H,15-17H2,(H,27,28,31). The normalized spacial score (nSPS) is 12.4. The number of nitrogens with one attached hydrogen (secondary N) is 1. The van der Waals surface area contributed by atoms with E-state index in [0.717, 1.165) is 11.1 Å². The zero-order valence-electron chi connectivity index (χ0n) is 17.7. The van der Waals surface area contributed by atoms with E-state index in [1.807, 2.05) is 54.6 Å². The summed E-state index contributed by atoms with van der Waals surface area (Å²) in [6, 6.07) is 22.4. The van der Waals surface area contributed by atoms with Crippen molar-refractivity contribution in [2.75, 3.05) is 6.79 Å². The van der Waals surface area contributed by atoms with Crippen LogP contribution in [0.15, 0.2) is 83.7 Å². The molecule has 0 aliphatic carbocycles. The van der Waals surface area contributed by atoms with Gasteiger partial charge >= 0.3 is 0 Å². The molecule has 1 aliphatic heterocycles. The summed E-state index contributed by atoms with van der Waals surface area (Å²) in [6.45, 7) is 0.740. The van der Waals surface area contributed by atoms with Crippen LogP contribution in [0.5, 0.6) is 11.5 Å². The van der Waals surface area contributed by atoms with Crippen LogP contribution in [-0.4, -0.2) is 27.6 Å². The van der Waals surface area contributed by atoms with Crippen molar-refractivity contribution in [3.8, 4) is 11.5 Å². The van der Waals surface area contributed by atoms with E-state index in [4.69, 9.17) is 9.47 Å². The van der Waals surface area contributed by atoms with Gasteiger partial charge < -0.3 is 19.4 Å². The van der Waals surface area contributed by atoms with E-state index in [1.165, 1.54) is 6.08 Å². The van der Waals surface area contributed by atoms with Crippen molar-refractivity contribution in [1.82, 2.24) is 14.9 Å². The zero-order valence-corrected chi connectivity index (χ0v) is 17.7. The first kappa shape index (κ1) is 20.5. The maximum atomic E-state index is 13.2. The lowest BCUT2D eigenvalue weighted by atomic mass is 10.1. The number of fused-ring (bicyclic) bond motifs is 2. The molecule has 7 heteroatoms. The quantitative estimate of drug-likeness (QED) is 0.461. The highest BCUT2D eigenvalue weighted by Crippen LogP contribution is 2.32. The third-order valence-corrected chi connectivity index (χ3v) is 5.35. The second-order valence-corrected chi connectivity index (χ2v) is 7.66. The van der Waals surface area contributed by atoms with Crippen molar-refractivity contribution in [3.05, 3.63) is 106 Å². The predicted octanol–water partition coefficient (Wildman–Crippen LogP) is 3.89. The molecule has 0 bridgehead atoms. The number of ether oxygens (including phenoxy) is 2. The fraction of sp³-hybridized carbons (Fsp3) is 0.115. The predicted molar refractivity (Wildman–Crippen MR) is 125 cm³/mol. The van der Waals surface area contributed by atoms with E-state index < -0.39 is 0 Å². The Morgan fingerprint density at radius 3 is 2.64 bits per heavy atom. The number of hydrogen-bond acceptors (Lipinski definition) is 5. The molecule has 0 atom stereocenters. The minimum atomic E-state index is -0.224. The van der Waals surface area contributed by atoms with Gasteiger partial charge in [-0.1, -0.05) is 48.5 Å². The molecular weight excluding hydrogens is 418 g/mol. The van der Waals surface area contributed by atoms with Crippen LogP contribution in [0.3, 0.4) is 0 Å². The number of rotatable bonds is 6. The smallest absolute Gasteiger partial charge is 0.258 e. The van der Waals surface area contributed by atoms with Crippen molar-refractivity contribution in [2.24, 2.45) is 0 Å². The Bertz CT molecular complexity index is 1400. The maximum absolute atomic E-state index is 13.2. The molecule has 0 saturated carbocycles. The van der Waals surface area contributed by atoms with Crippen LogP contribution in [-0.2, 0) is 17.9 Å². The molecule has 0 saturated heterocycles. The van der Waals surface area contributed by atoms with Crippen LogP contribution >= 0.6 is 0 Å². The molecule has 1 aliphatic rings. The number of aromatic amines is 1. The molecular formula is C26H21N3O4. The summed E-state index contributed by atoms with van der Waals surface area (Å²) < 4.78 is 10.7. The highest BCUT2D eigenvalue weighted by Gasteiger charge is 2.16. The molecule has 0 unspecified atom stereocenters. The van der Waals surface area contributed by atoms with Gasteiger partial charge in [-0.25, -0.2) is 4.98 Å². The Kier molecular flexibility index (Phi) is 5.59. The Morgan fingerprint density at radius 1 is 0.970 bits per heavy atom. The summed E-state index contributed by atoms with van der Waals surface area (Å²) in [5.41, 5.74) is 2.17. The summed E-state index contributed by atoms with van der Waals surface area (Å²) >= 11 is 0. The first-order chi connectivity index (χ1) is 16.2. The lowest BCUT2D eigenvalue weighted by Crippen LogP contribution is -2.30. The fourth-order valence-corrected chi connectivity index (χ4v) is 3.70. The molecule has 33 heavy (non-hydrogen) atoms. The molecule has 1 N–H and O–H groups in total. The average molecular weight is 439 g/mol. The topological polar surface area (TPSA) is 84.5 Å². The van der Waals surface area contributed by atoms with E-state index in [0.29, 0.717) is 34.8 Å². The third-order valence-electron chi connectivity index (χ3n) is 5.35. The Morgan fingerprint density at radius 2 is 1.76 bits per heavy atom. The van der Waals surface area contributed by atoms with Crippen molar-refractivity contribution in [3.63, 3.8) is 0 Å². The second kappa shape index (κ2) is 9.00. The second-order valence-electron chi connectivity index (χ2n) is 7.66. The van der Waals surface area contributed by atoms with E-state index in [-0.39, 0.29) is 24.8 Å². The van der Waals surface area contributed by atoms with Crippen molar-refractivity contribution < 1.29 is 14.3 Å². The van der Waals surface area contributed by atoms with Gasteiger partial charge in [0, 0.05) is 12.6 Å². The SMILES string of the molecule is O=C(C=Cc1ccc2c(c1)OCO2)N(Cc1ccccc1)Cc1nc2ccccc2c(=O)[nH]1. The largest absolute Gasteiger partial charge is 0.454 e. The summed E-state index contributed by atoms with van der Waals surface area (Å²) in [6.07, 6.45) is 3.25. The first-order valence-electron chi connectivity index (χ1n) is 10.5. The maximum Gasteiger partial charge on any atom is 0.258 e. The molecule has 2 heterocycles. The third kappa shape index (κ3) is 4.62. The van der Waals surface area contributed by atoms with Gasteiger partial charge in [-0.2, -0.15) is 0 Å². The van der Waals surface area contributed by atoms with E-state index in [1.54, 1.807) is 29.2 Å². The summed E-state index contributed by atoms with van der Waals surface area (Å²) in [7, 11) is 0. The number of H-pyrrole nitrogens is 1. The van der Waals surface area contributed by atoms with Crippen molar-refractivity contribution in [2.45, 2.75) is 13.1 Å². The van der Waals surface area contributed by atoms with Gasteiger partial charge in [-0.15, -0.1) is 0 Å². The number of amides is 1. The number of para-hydroxylation sites is 1. The molecule has 7 nitrogen and oxygen atoms in total. The van der Waals surface area contributed by atoms with Gasteiger partial charge in [0.1, 0.15) is 5.82 Å². The molecule has 0 fully saturated rings. The van der Waals surface area contributed by atoms with Crippen LogP contribution in [0.25, 0.3) is 17.0 Å². The lowest BCUT2D eigenvalue weighted by Gasteiger charge is -2.21.